The van der Waals surface area contributed by atoms with Gasteiger partial charge in [0.2, 0.25) is 0 Å². The van der Waals surface area contributed by atoms with Gasteiger partial charge in [0.15, 0.2) is 5.65 Å². The molecule has 0 bridgehead atoms. The van der Waals surface area contributed by atoms with E-state index in [0.29, 0.717) is 0 Å². The van der Waals surface area contributed by atoms with Crippen LogP contribution < -0.4 is 11.0 Å². The fourth-order valence-corrected chi connectivity index (χ4v) is 3.99. The Morgan fingerprint density at radius 3 is 2.85 bits per heavy atom. The van der Waals surface area contributed by atoms with E-state index in [9.17, 15) is 4.79 Å². The fourth-order valence-electron chi connectivity index (χ4n) is 3.99. The standard InChI is InChI=1S/C19H20N6O/c1-12-8-14(10-24-18(12)21-11-22-24)13-2-3-17-16(9-13)23-19(26)25(17)15-4-6-20-7-5-15/h2-3,8-11,15,20H,4-7H2,1H3,(H,23,26). The van der Waals surface area contributed by atoms with Crippen molar-refractivity contribution >= 4 is 16.7 Å². The molecule has 1 aliphatic heterocycles. The molecule has 0 unspecified atom stereocenters. The number of H-pyrrole nitrogens is 1. The van der Waals surface area contributed by atoms with E-state index >= 15 is 0 Å². The summed E-state index contributed by atoms with van der Waals surface area (Å²) in [6.07, 6.45) is 5.50. The first-order valence-electron chi connectivity index (χ1n) is 8.96. The van der Waals surface area contributed by atoms with Gasteiger partial charge in [0.25, 0.3) is 0 Å². The summed E-state index contributed by atoms with van der Waals surface area (Å²) < 4.78 is 3.71. The Morgan fingerprint density at radius 1 is 1.15 bits per heavy atom. The number of hydrogen-bond acceptors (Lipinski definition) is 4. The molecule has 26 heavy (non-hydrogen) atoms. The van der Waals surface area contributed by atoms with Crippen LogP contribution in [0.25, 0.3) is 27.8 Å². The highest BCUT2D eigenvalue weighted by molar-refractivity contribution is 5.82. The van der Waals surface area contributed by atoms with Crippen molar-refractivity contribution in [2.24, 2.45) is 0 Å². The minimum atomic E-state index is -0.0213. The van der Waals surface area contributed by atoms with E-state index < -0.39 is 0 Å². The molecule has 4 aromatic rings. The first-order chi connectivity index (χ1) is 12.7. The van der Waals surface area contributed by atoms with Crippen LogP contribution in [-0.2, 0) is 0 Å². The third kappa shape index (κ3) is 2.35. The number of fused-ring (bicyclic) bond motifs is 2. The molecule has 1 aliphatic rings. The summed E-state index contributed by atoms with van der Waals surface area (Å²) in [5, 5.41) is 7.60. The maximum Gasteiger partial charge on any atom is 0.326 e. The Bertz CT molecular complexity index is 1160. The van der Waals surface area contributed by atoms with Crippen LogP contribution in [0, 0.1) is 6.92 Å². The molecule has 1 saturated heterocycles. The summed E-state index contributed by atoms with van der Waals surface area (Å²) in [6, 6.07) is 8.53. The van der Waals surface area contributed by atoms with Crippen LogP contribution in [0.5, 0.6) is 0 Å². The number of aryl methyl sites for hydroxylation is 1. The van der Waals surface area contributed by atoms with Crippen molar-refractivity contribution in [2.75, 3.05) is 13.1 Å². The van der Waals surface area contributed by atoms with Crippen LogP contribution in [0.15, 0.2) is 41.6 Å². The first-order valence-corrected chi connectivity index (χ1v) is 8.96. The van der Waals surface area contributed by atoms with Gasteiger partial charge in [-0.05, 0) is 62.2 Å². The zero-order chi connectivity index (χ0) is 17.7. The molecule has 0 radical (unpaired) electrons. The van der Waals surface area contributed by atoms with E-state index in [-0.39, 0.29) is 11.7 Å². The Morgan fingerprint density at radius 2 is 2.00 bits per heavy atom. The Labute approximate surface area is 149 Å². The molecular weight excluding hydrogens is 328 g/mol. The van der Waals surface area contributed by atoms with Crippen molar-refractivity contribution in [2.45, 2.75) is 25.8 Å². The molecule has 0 spiro atoms. The third-order valence-corrected chi connectivity index (χ3v) is 5.28. The van der Waals surface area contributed by atoms with Gasteiger partial charge >= 0.3 is 5.69 Å². The van der Waals surface area contributed by atoms with Crippen LogP contribution in [0.1, 0.15) is 24.4 Å². The van der Waals surface area contributed by atoms with Crippen LogP contribution in [-0.4, -0.2) is 37.2 Å². The molecule has 0 atom stereocenters. The van der Waals surface area contributed by atoms with Crippen molar-refractivity contribution in [1.82, 2.24) is 29.5 Å². The molecule has 2 N–H and O–H groups in total. The Hall–Kier alpha value is -2.93. The molecule has 132 valence electrons. The van der Waals surface area contributed by atoms with E-state index in [0.717, 1.165) is 59.3 Å². The van der Waals surface area contributed by atoms with E-state index in [1.807, 2.05) is 29.8 Å². The summed E-state index contributed by atoms with van der Waals surface area (Å²) in [6.45, 7) is 3.94. The number of aromatic amines is 1. The number of imidazole rings is 1. The number of benzene rings is 1. The average molecular weight is 348 g/mol. The molecule has 0 aliphatic carbocycles. The summed E-state index contributed by atoms with van der Waals surface area (Å²) >= 11 is 0. The Kier molecular flexibility index (Phi) is 3.43. The minimum absolute atomic E-state index is 0.0213. The van der Waals surface area contributed by atoms with E-state index in [4.69, 9.17) is 0 Å². The molecule has 7 nitrogen and oxygen atoms in total. The highest BCUT2D eigenvalue weighted by Crippen LogP contribution is 2.27. The lowest BCUT2D eigenvalue weighted by atomic mass is 10.0. The number of nitrogens with zero attached hydrogens (tertiary/aromatic N) is 4. The maximum absolute atomic E-state index is 12.5. The molecule has 1 aromatic carbocycles. The second-order valence-electron chi connectivity index (χ2n) is 6.95. The lowest BCUT2D eigenvalue weighted by Crippen LogP contribution is -2.33. The lowest BCUT2D eigenvalue weighted by molar-refractivity contribution is 0.368. The third-order valence-electron chi connectivity index (χ3n) is 5.28. The van der Waals surface area contributed by atoms with Gasteiger partial charge in [-0.1, -0.05) is 6.07 Å². The van der Waals surface area contributed by atoms with Gasteiger partial charge in [0.1, 0.15) is 6.33 Å². The van der Waals surface area contributed by atoms with Crippen molar-refractivity contribution in [1.29, 1.82) is 0 Å². The van der Waals surface area contributed by atoms with Gasteiger partial charge in [-0.15, -0.1) is 0 Å². The molecule has 4 heterocycles. The number of aromatic nitrogens is 5. The molecule has 0 amide bonds. The second-order valence-corrected chi connectivity index (χ2v) is 6.95. The van der Waals surface area contributed by atoms with Crippen molar-refractivity contribution < 1.29 is 0 Å². The largest absolute Gasteiger partial charge is 0.326 e. The van der Waals surface area contributed by atoms with E-state index in [1.165, 1.54) is 0 Å². The van der Waals surface area contributed by atoms with Gasteiger partial charge in [0, 0.05) is 17.8 Å². The minimum Gasteiger partial charge on any atom is -0.317 e. The Balaban J connectivity index is 1.62. The fraction of sp³-hybridized carbons (Fsp3) is 0.316. The predicted octanol–water partition coefficient (Wildman–Crippen LogP) is 2.27. The molecular formula is C19H20N6O. The van der Waals surface area contributed by atoms with Crippen LogP contribution in [0.2, 0.25) is 0 Å². The van der Waals surface area contributed by atoms with Crippen LogP contribution >= 0.6 is 0 Å². The number of hydrogen-bond donors (Lipinski definition) is 2. The van der Waals surface area contributed by atoms with Crippen LogP contribution in [0.4, 0.5) is 0 Å². The topological polar surface area (TPSA) is 80.0 Å². The molecule has 0 saturated carbocycles. The summed E-state index contributed by atoms with van der Waals surface area (Å²) in [5.74, 6) is 0. The monoisotopic (exact) mass is 348 g/mol. The van der Waals surface area contributed by atoms with E-state index in [2.05, 4.69) is 32.5 Å². The smallest absolute Gasteiger partial charge is 0.317 e. The van der Waals surface area contributed by atoms with Crippen LogP contribution in [0.3, 0.4) is 0 Å². The lowest BCUT2D eigenvalue weighted by Gasteiger charge is -2.23. The number of rotatable bonds is 2. The van der Waals surface area contributed by atoms with Crippen molar-refractivity contribution in [3.8, 4) is 11.1 Å². The highest BCUT2D eigenvalue weighted by Gasteiger charge is 2.19. The normalized spacial score (nSPS) is 15.9. The molecule has 7 heteroatoms. The average Bonchev–Trinajstić information content (AvgIpc) is 3.25. The van der Waals surface area contributed by atoms with Crippen molar-refractivity contribution in [3.63, 3.8) is 0 Å². The van der Waals surface area contributed by atoms with Gasteiger partial charge in [-0.25, -0.2) is 14.3 Å². The van der Waals surface area contributed by atoms with Gasteiger partial charge < -0.3 is 10.3 Å². The van der Waals surface area contributed by atoms with Gasteiger partial charge in [0.05, 0.1) is 11.0 Å². The SMILES string of the molecule is Cc1cc(-c2ccc3c(c2)[nH]c(=O)n3C2CCNCC2)cn2ncnc12. The summed E-state index contributed by atoms with van der Waals surface area (Å²) in [7, 11) is 0. The summed E-state index contributed by atoms with van der Waals surface area (Å²) in [5.41, 5.74) is 5.87. The highest BCUT2D eigenvalue weighted by atomic mass is 16.1. The van der Waals surface area contributed by atoms with Gasteiger partial charge in [-0.3, -0.25) is 4.57 Å². The number of piperidine rings is 1. The summed E-state index contributed by atoms with van der Waals surface area (Å²) in [4.78, 5) is 19.8. The van der Waals surface area contributed by atoms with Crippen molar-refractivity contribution in [3.05, 3.63) is 52.8 Å². The maximum atomic E-state index is 12.5. The number of pyridine rings is 1. The second kappa shape index (κ2) is 5.81. The zero-order valence-electron chi connectivity index (χ0n) is 14.6. The van der Waals surface area contributed by atoms with Gasteiger partial charge in [-0.2, -0.15) is 5.10 Å². The molecule has 5 rings (SSSR count). The molecule has 1 fully saturated rings. The quantitative estimate of drug-likeness (QED) is 0.582. The molecule has 3 aromatic heterocycles. The van der Waals surface area contributed by atoms with E-state index in [1.54, 1.807) is 10.8 Å². The zero-order valence-corrected chi connectivity index (χ0v) is 14.6. The number of nitrogens with one attached hydrogen (secondary N) is 2. The predicted molar refractivity (Wildman–Crippen MR) is 100 cm³/mol. The first kappa shape index (κ1) is 15.3.